The standard InChI is InChI=1S/C15H24N2O3S/c1-12-11-14(13(2)21-12)15(19)17(5-8-18)4-3-16-6-9-20-10-7-16/h11,18H,3-10H2,1-2H3. The molecule has 1 amide bonds. The first-order valence-corrected chi connectivity index (χ1v) is 8.20. The number of hydrogen-bond acceptors (Lipinski definition) is 5. The van der Waals surface area contributed by atoms with Gasteiger partial charge in [0.25, 0.3) is 5.91 Å². The maximum absolute atomic E-state index is 12.6. The Hall–Kier alpha value is -0.950. The average Bonchev–Trinajstić information content (AvgIpc) is 2.82. The molecule has 1 saturated heterocycles. The van der Waals surface area contributed by atoms with E-state index in [1.165, 1.54) is 0 Å². The molecule has 0 aliphatic carbocycles. The Labute approximate surface area is 130 Å². The zero-order chi connectivity index (χ0) is 15.2. The number of ether oxygens (including phenoxy) is 1. The van der Waals surface area contributed by atoms with Crippen molar-refractivity contribution < 1.29 is 14.6 Å². The third-order valence-corrected chi connectivity index (χ3v) is 4.68. The van der Waals surface area contributed by atoms with Crippen LogP contribution in [-0.2, 0) is 4.74 Å². The first-order chi connectivity index (χ1) is 10.1. The molecule has 6 heteroatoms. The number of morpholine rings is 1. The van der Waals surface area contributed by atoms with Crippen LogP contribution in [0.25, 0.3) is 0 Å². The number of rotatable bonds is 6. The molecule has 1 aromatic rings. The second-order valence-electron chi connectivity index (χ2n) is 5.30. The summed E-state index contributed by atoms with van der Waals surface area (Å²) in [7, 11) is 0. The van der Waals surface area contributed by atoms with Crippen molar-refractivity contribution in [3.8, 4) is 0 Å². The predicted octanol–water partition coefficient (Wildman–Crippen LogP) is 1.13. The topological polar surface area (TPSA) is 53.0 Å². The first-order valence-electron chi connectivity index (χ1n) is 7.39. The van der Waals surface area contributed by atoms with Gasteiger partial charge in [-0.3, -0.25) is 9.69 Å². The van der Waals surface area contributed by atoms with Crippen LogP contribution in [0.5, 0.6) is 0 Å². The molecule has 5 nitrogen and oxygen atoms in total. The minimum Gasteiger partial charge on any atom is -0.395 e. The van der Waals surface area contributed by atoms with Gasteiger partial charge in [0, 0.05) is 42.5 Å². The average molecular weight is 312 g/mol. The third kappa shape index (κ3) is 4.51. The summed E-state index contributed by atoms with van der Waals surface area (Å²) in [5.74, 6) is 0.0270. The number of amides is 1. The molecule has 1 aliphatic rings. The number of aryl methyl sites for hydroxylation is 2. The largest absolute Gasteiger partial charge is 0.395 e. The Balaban J connectivity index is 1.96. The van der Waals surface area contributed by atoms with Crippen LogP contribution in [0.3, 0.4) is 0 Å². The highest BCUT2D eigenvalue weighted by atomic mass is 32.1. The van der Waals surface area contributed by atoms with Crippen molar-refractivity contribution in [2.24, 2.45) is 0 Å². The van der Waals surface area contributed by atoms with E-state index in [9.17, 15) is 9.90 Å². The van der Waals surface area contributed by atoms with Gasteiger partial charge in [0.2, 0.25) is 0 Å². The van der Waals surface area contributed by atoms with E-state index in [1.807, 2.05) is 19.9 Å². The summed E-state index contributed by atoms with van der Waals surface area (Å²) < 4.78 is 5.33. The van der Waals surface area contributed by atoms with Gasteiger partial charge in [-0.05, 0) is 19.9 Å². The first kappa shape index (κ1) is 16.4. The number of hydrogen-bond donors (Lipinski definition) is 1. The van der Waals surface area contributed by atoms with Crippen LogP contribution in [0.1, 0.15) is 20.1 Å². The Kier molecular flexibility index (Phi) is 6.17. The van der Waals surface area contributed by atoms with Crippen molar-refractivity contribution in [2.45, 2.75) is 13.8 Å². The van der Waals surface area contributed by atoms with Crippen molar-refractivity contribution >= 4 is 17.2 Å². The predicted molar refractivity (Wildman–Crippen MR) is 84.0 cm³/mol. The van der Waals surface area contributed by atoms with Gasteiger partial charge in [-0.15, -0.1) is 11.3 Å². The maximum Gasteiger partial charge on any atom is 0.255 e. The fourth-order valence-electron chi connectivity index (χ4n) is 2.54. The molecule has 0 bridgehead atoms. The van der Waals surface area contributed by atoms with E-state index in [4.69, 9.17) is 4.74 Å². The second-order valence-corrected chi connectivity index (χ2v) is 6.76. The lowest BCUT2D eigenvalue weighted by Crippen LogP contribution is -2.44. The van der Waals surface area contributed by atoms with E-state index in [0.29, 0.717) is 13.1 Å². The molecule has 0 unspecified atom stereocenters. The highest BCUT2D eigenvalue weighted by Gasteiger charge is 2.20. The molecule has 1 aromatic heterocycles. The highest BCUT2D eigenvalue weighted by molar-refractivity contribution is 7.12. The van der Waals surface area contributed by atoms with Gasteiger partial charge >= 0.3 is 0 Å². The van der Waals surface area contributed by atoms with Gasteiger partial charge in [0.05, 0.1) is 25.4 Å². The maximum atomic E-state index is 12.6. The molecular formula is C15H24N2O3S. The van der Waals surface area contributed by atoms with Crippen molar-refractivity contribution in [3.63, 3.8) is 0 Å². The molecule has 21 heavy (non-hydrogen) atoms. The smallest absolute Gasteiger partial charge is 0.255 e. The molecule has 1 fully saturated rings. The Morgan fingerprint density at radius 1 is 1.38 bits per heavy atom. The quantitative estimate of drug-likeness (QED) is 0.856. The third-order valence-electron chi connectivity index (χ3n) is 3.72. The summed E-state index contributed by atoms with van der Waals surface area (Å²) in [6.45, 7) is 9.20. The van der Waals surface area contributed by atoms with Gasteiger partial charge in [-0.1, -0.05) is 0 Å². The molecule has 0 aromatic carbocycles. The van der Waals surface area contributed by atoms with Crippen LogP contribution >= 0.6 is 11.3 Å². The lowest BCUT2D eigenvalue weighted by Gasteiger charge is -2.30. The summed E-state index contributed by atoms with van der Waals surface area (Å²) >= 11 is 1.64. The minimum atomic E-state index is -0.00296. The Bertz CT molecular complexity index is 469. The van der Waals surface area contributed by atoms with Crippen molar-refractivity contribution in [1.29, 1.82) is 0 Å². The van der Waals surface area contributed by atoms with Crippen LogP contribution in [0.4, 0.5) is 0 Å². The molecule has 0 atom stereocenters. The van der Waals surface area contributed by atoms with Gasteiger partial charge in [0.1, 0.15) is 0 Å². The van der Waals surface area contributed by atoms with Crippen LogP contribution in [0, 0.1) is 13.8 Å². The number of carbonyl (C=O) groups excluding carboxylic acids is 1. The zero-order valence-electron chi connectivity index (χ0n) is 12.8. The second kappa shape index (κ2) is 7.89. The molecule has 2 rings (SSSR count). The molecular weight excluding hydrogens is 288 g/mol. The Morgan fingerprint density at radius 3 is 2.67 bits per heavy atom. The van der Waals surface area contributed by atoms with Crippen LogP contribution < -0.4 is 0 Å². The van der Waals surface area contributed by atoms with E-state index in [1.54, 1.807) is 16.2 Å². The summed E-state index contributed by atoms with van der Waals surface area (Å²) in [6.07, 6.45) is 0. The summed E-state index contributed by atoms with van der Waals surface area (Å²) in [4.78, 5) is 18.9. The monoisotopic (exact) mass is 312 g/mol. The van der Waals surface area contributed by atoms with Crippen LogP contribution in [0.2, 0.25) is 0 Å². The lowest BCUT2D eigenvalue weighted by atomic mass is 10.2. The molecule has 0 radical (unpaired) electrons. The fourth-order valence-corrected chi connectivity index (χ4v) is 3.45. The van der Waals surface area contributed by atoms with E-state index in [0.717, 1.165) is 48.2 Å². The van der Waals surface area contributed by atoms with E-state index in [-0.39, 0.29) is 12.5 Å². The number of aliphatic hydroxyl groups excluding tert-OH is 1. The van der Waals surface area contributed by atoms with Gasteiger partial charge in [-0.2, -0.15) is 0 Å². The summed E-state index contributed by atoms with van der Waals surface area (Å²) in [5.41, 5.74) is 0.771. The normalized spacial score (nSPS) is 16.1. The van der Waals surface area contributed by atoms with E-state index in [2.05, 4.69) is 4.90 Å². The number of nitrogens with zero attached hydrogens (tertiary/aromatic N) is 2. The van der Waals surface area contributed by atoms with Gasteiger partial charge < -0.3 is 14.7 Å². The number of aliphatic hydroxyl groups is 1. The fraction of sp³-hybridized carbons (Fsp3) is 0.667. The van der Waals surface area contributed by atoms with Gasteiger partial charge in [-0.25, -0.2) is 0 Å². The zero-order valence-corrected chi connectivity index (χ0v) is 13.6. The van der Waals surface area contributed by atoms with E-state index >= 15 is 0 Å². The lowest BCUT2D eigenvalue weighted by molar-refractivity contribution is 0.0315. The van der Waals surface area contributed by atoms with Crippen molar-refractivity contribution in [1.82, 2.24) is 9.80 Å². The summed E-state index contributed by atoms with van der Waals surface area (Å²) in [6, 6.07) is 1.95. The van der Waals surface area contributed by atoms with Crippen LogP contribution in [0.15, 0.2) is 6.07 Å². The van der Waals surface area contributed by atoms with Crippen molar-refractivity contribution in [3.05, 3.63) is 21.4 Å². The number of thiophene rings is 1. The summed E-state index contributed by atoms with van der Waals surface area (Å²) in [5, 5.41) is 9.22. The van der Waals surface area contributed by atoms with Gasteiger partial charge in [0.15, 0.2) is 0 Å². The molecule has 118 valence electrons. The molecule has 1 N–H and O–H groups in total. The molecule has 2 heterocycles. The Morgan fingerprint density at radius 2 is 2.10 bits per heavy atom. The SMILES string of the molecule is Cc1cc(C(=O)N(CCO)CCN2CCOCC2)c(C)s1. The molecule has 0 saturated carbocycles. The van der Waals surface area contributed by atoms with E-state index < -0.39 is 0 Å². The van der Waals surface area contributed by atoms with Crippen molar-refractivity contribution in [2.75, 3.05) is 52.5 Å². The highest BCUT2D eigenvalue weighted by Crippen LogP contribution is 2.22. The molecule has 0 spiro atoms. The number of carbonyl (C=O) groups is 1. The molecule has 1 aliphatic heterocycles. The van der Waals surface area contributed by atoms with Crippen LogP contribution in [-0.4, -0.2) is 73.4 Å². The minimum absolute atomic E-state index is 0.00296.